The first kappa shape index (κ1) is 18.9. The van der Waals surface area contributed by atoms with Crippen molar-refractivity contribution in [2.24, 2.45) is 23.7 Å². The Balaban J connectivity index is 5.25. The van der Waals surface area contributed by atoms with E-state index >= 15 is 0 Å². The highest BCUT2D eigenvalue weighted by atomic mass is 16.6. The van der Waals surface area contributed by atoms with Crippen LogP contribution in [-0.4, -0.2) is 24.1 Å². The number of hydrogen-bond acceptors (Lipinski definition) is 4. The summed E-state index contributed by atoms with van der Waals surface area (Å²) in [6.07, 6.45) is -0.365. The van der Waals surface area contributed by atoms with Crippen molar-refractivity contribution in [3.05, 3.63) is 0 Å². The van der Waals surface area contributed by atoms with Crippen LogP contribution in [-0.2, 0) is 19.1 Å². The Bertz CT molecular complexity index is 286. The van der Waals surface area contributed by atoms with Crippen LogP contribution in [0.5, 0.6) is 0 Å². The van der Waals surface area contributed by atoms with E-state index in [1.807, 2.05) is 55.4 Å². The topological polar surface area (TPSA) is 52.6 Å². The van der Waals surface area contributed by atoms with Crippen LogP contribution in [0.15, 0.2) is 0 Å². The van der Waals surface area contributed by atoms with Crippen molar-refractivity contribution in [1.82, 2.24) is 0 Å². The van der Waals surface area contributed by atoms with Crippen LogP contribution in [0.3, 0.4) is 0 Å². The van der Waals surface area contributed by atoms with Gasteiger partial charge in [0, 0.05) is 0 Å². The van der Waals surface area contributed by atoms with Crippen molar-refractivity contribution in [2.75, 3.05) is 0 Å². The van der Waals surface area contributed by atoms with Crippen molar-refractivity contribution in [1.29, 1.82) is 0 Å². The summed E-state index contributed by atoms with van der Waals surface area (Å²) < 4.78 is 10.6. The Hall–Kier alpha value is -1.06. The number of carbonyl (C=O) groups is 2. The third kappa shape index (κ3) is 5.93. The maximum absolute atomic E-state index is 12.3. The highest BCUT2D eigenvalue weighted by Gasteiger charge is 2.40. The molecular weight excluding hydrogens is 256 g/mol. The summed E-state index contributed by atoms with van der Waals surface area (Å²) in [4.78, 5) is 24.6. The third-order valence-corrected chi connectivity index (χ3v) is 3.07. The van der Waals surface area contributed by atoms with E-state index in [-0.39, 0.29) is 36.0 Å². The van der Waals surface area contributed by atoms with Gasteiger partial charge >= 0.3 is 11.9 Å². The molecule has 0 amide bonds. The maximum Gasteiger partial charge on any atom is 0.310 e. The Labute approximate surface area is 123 Å². The highest BCUT2D eigenvalue weighted by Crippen LogP contribution is 2.30. The summed E-state index contributed by atoms with van der Waals surface area (Å²) in [5, 5.41) is 0. The SMILES string of the molecule is CC(C)OC(=O)C(C(C)C)C(C(=O)OC(C)C)C(C)C. The molecule has 0 aliphatic heterocycles. The van der Waals surface area contributed by atoms with Crippen molar-refractivity contribution in [2.45, 2.75) is 67.6 Å². The molecule has 0 rings (SSSR count). The van der Waals surface area contributed by atoms with Gasteiger partial charge in [0.15, 0.2) is 0 Å². The molecule has 0 aliphatic rings. The van der Waals surface area contributed by atoms with Gasteiger partial charge < -0.3 is 9.47 Å². The summed E-state index contributed by atoms with van der Waals surface area (Å²) in [6, 6.07) is 0. The van der Waals surface area contributed by atoms with Crippen molar-refractivity contribution in [3.63, 3.8) is 0 Å². The number of ether oxygens (including phenoxy) is 2. The van der Waals surface area contributed by atoms with Crippen LogP contribution in [0.25, 0.3) is 0 Å². The second-order valence-electron chi connectivity index (χ2n) is 6.51. The van der Waals surface area contributed by atoms with Gasteiger partial charge in [0.2, 0.25) is 0 Å². The molecule has 4 nitrogen and oxygen atoms in total. The summed E-state index contributed by atoms with van der Waals surface area (Å²) >= 11 is 0. The van der Waals surface area contributed by atoms with E-state index in [4.69, 9.17) is 9.47 Å². The Morgan fingerprint density at radius 3 is 1.00 bits per heavy atom. The lowest BCUT2D eigenvalue weighted by atomic mass is 9.77. The first-order valence-electron chi connectivity index (χ1n) is 7.48. The van der Waals surface area contributed by atoms with Crippen molar-refractivity contribution < 1.29 is 19.1 Å². The van der Waals surface area contributed by atoms with Crippen molar-refractivity contribution >= 4 is 11.9 Å². The number of rotatable bonds is 7. The molecule has 20 heavy (non-hydrogen) atoms. The van der Waals surface area contributed by atoms with Crippen molar-refractivity contribution in [3.8, 4) is 0 Å². The summed E-state index contributed by atoms with van der Waals surface area (Å²) in [7, 11) is 0. The van der Waals surface area contributed by atoms with E-state index in [2.05, 4.69) is 0 Å². The smallest absolute Gasteiger partial charge is 0.310 e. The quantitative estimate of drug-likeness (QED) is 0.673. The van der Waals surface area contributed by atoms with Crippen LogP contribution in [0.1, 0.15) is 55.4 Å². The van der Waals surface area contributed by atoms with E-state index in [0.29, 0.717) is 0 Å². The summed E-state index contributed by atoms with van der Waals surface area (Å²) in [6.45, 7) is 15.0. The monoisotopic (exact) mass is 286 g/mol. The molecule has 0 saturated heterocycles. The zero-order chi connectivity index (χ0) is 16.0. The highest BCUT2D eigenvalue weighted by molar-refractivity contribution is 5.82. The minimum absolute atomic E-state index is 0.0216. The second kappa shape index (κ2) is 8.28. The van der Waals surface area contributed by atoms with E-state index in [9.17, 15) is 9.59 Å². The average Bonchev–Trinajstić information content (AvgIpc) is 2.21. The van der Waals surface area contributed by atoms with E-state index in [0.717, 1.165) is 0 Å². The van der Waals surface area contributed by atoms with Crippen LogP contribution in [0, 0.1) is 23.7 Å². The Morgan fingerprint density at radius 2 is 0.850 bits per heavy atom. The fraction of sp³-hybridized carbons (Fsp3) is 0.875. The molecule has 2 atom stereocenters. The van der Waals surface area contributed by atoms with Gasteiger partial charge in [0.05, 0.1) is 24.0 Å². The molecule has 0 spiro atoms. The first-order chi connectivity index (χ1) is 9.07. The minimum atomic E-state index is -0.469. The second-order valence-corrected chi connectivity index (χ2v) is 6.51. The predicted octanol–water partition coefficient (Wildman–Crippen LogP) is 3.43. The zero-order valence-corrected chi connectivity index (χ0v) is 14.1. The van der Waals surface area contributed by atoms with Crippen LogP contribution in [0.4, 0.5) is 0 Å². The molecule has 0 fully saturated rings. The fourth-order valence-electron chi connectivity index (χ4n) is 2.29. The molecule has 0 aliphatic carbocycles. The summed E-state index contributed by atoms with van der Waals surface area (Å²) in [5.41, 5.74) is 0. The Kier molecular flexibility index (Phi) is 7.84. The molecule has 2 unspecified atom stereocenters. The van der Waals surface area contributed by atoms with Gasteiger partial charge in [-0.05, 0) is 39.5 Å². The van der Waals surface area contributed by atoms with Gasteiger partial charge in [-0.2, -0.15) is 0 Å². The van der Waals surface area contributed by atoms with Gasteiger partial charge in [-0.3, -0.25) is 9.59 Å². The lowest BCUT2D eigenvalue weighted by molar-refractivity contribution is -0.169. The fourth-order valence-corrected chi connectivity index (χ4v) is 2.29. The van der Waals surface area contributed by atoms with Gasteiger partial charge in [-0.15, -0.1) is 0 Å². The van der Waals surface area contributed by atoms with Crippen LogP contribution >= 0.6 is 0 Å². The maximum atomic E-state index is 12.3. The predicted molar refractivity (Wildman–Crippen MR) is 79.1 cm³/mol. The van der Waals surface area contributed by atoms with E-state index < -0.39 is 11.8 Å². The average molecular weight is 286 g/mol. The molecule has 0 N–H and O–H groups in total. The van der Waals surface area contributed by atoms with Gasteiger partial charge in [-0.25, -0.2) is 0 Å². The molecule has 118 valence electrons. The lowest BCUT2D eigenvalue weighted by Gasteiger charge is -2.30. The molecule has 4 heteroatoms. The molecule has 0 heterocycles. The van der Waals surface area contributed by atoms with E-state index in [1.54, 1.807) is 0 Å². The zero-order valence-electron chi connectivity index (χ0n) is 14.1. The molecule has 0 aromatic carbocycles. The number of carbonyl (C=O) groups excluding carboxylic acids is 2. The number of hydrogen-bond donors (Lipinski definition) is 0. The molecular formula is C16H30O4. The van der Waals surface area contributed by atoms with Gasteiger partial charge in [0.25, 0.3) is 0 Å². The van der Waals surface area contributed by atoms with Crippen LogP contribution in [0.2, 0.25) is 0 Å². The Morgan fingerprint density at radius 1 is 0.600 bits per heavy atom. The standard InChI is InChI=1S/C16H30O4/c1-9(2)13(15(17)19-11(5)6)14(10(3)4)16(18)20-12(7)8/h9-14H,1-8H3. The van der Waals surface area contributed by atoms with Crippen LogP contribution < -0.4 is 0 Å². The van der Waals surface area contributed by atoms with Gasteiger partial charge in [0.1, 0.15) is 0 Å². The molecule has 0 aromatic rings. The molecule has 0 radical (unpaired) electrons. The third-order valence-electron chi connectivity index (χ3n) is 3.07. The van der Waals surface area contributed by atoms with Gasteiger partial charge in [-0.1, -0.05) is 27.7 Å². The molecule has 0 saturated carbocycles. The lowest BCUT2D eigenvalue weighted by Crippen LogP contribution is -2.40. The first-order valence-corrected chi connectivity index (χ1v) is 7.48. The molecule has 0 bridgehead atoms. The number of esters is 2. The normalized spacial score (nSPS) is 14.8. The largest absolute Gasteiger partial charge is 0.463 e. The molecule has 0 aromatic heterocycles. The summed E-state index contributed by atoms with van der Waals surface area (Å²) in [5.74, 6) is -1.52. The minimum Gasteiger partial charge on any atom is -0.463 e. The van der Waals surface area contributed by atoms with E-state index in [1.165, 1.54) is 0 Å².